The normalized spacial score (nSPS) is 10.5. The molecule has 0 unspecified atom stereocenters. The van der Waals surface area contributed by atoms with E-state index in [0.29, 0.717) is 24.5 Å². The Morgan fingerprint density at radius 1 is 1.28 bits per heavy atom. The van der Waals surface area contributed by atoms with Gasteiger partial charge in [0.05, 0.1) is 6.20 Å². The molecule has 0 aliphatic carbocycles. The van der Waals surface area contributed by atoms with Gasteiger partial charge in [-0.15, -0.1) is 0 Å². The van der Waals surface area contributed by atoms with Crippen LogP contribution in [0.3, 0.4) is 0 Å². The molecule has 1 aromatic heterocycles. The number of benzene rings is 1. The molecule has 1 N–H and O–H groups in total. The molecule has 0 amide bonds. The molecule has 0 aliphatic heterocycles. The number of halogens is 1. The van der Waals surface area contributed by atoms with E-state index >= 15 is 0 Å². The molecule has 0 saturated carbocycles. The lowest BCUT2D eigenvalue weighted by atomic mass is 10.1. The molecule has 0 radical (unpaired) electrons. The minimum Gasteiger partial charge on any atom is -0.481 e. The van der Waals surface area contributed by atoms with Crippen LogP contribution in [0.4, 0.5) is 4.39 Å². The van der Waals surface area contributed by atoms with Gasteiger partial charge in [-0.2, -0.15) is 0 Å². The molecule has 94 valence electrons. The molecule has 0 saturated heterocycles. The summed E-state index contributed by atoms with van der Waals surface area (Å²) in [6.07, 6.45) is 2.50. The van der Waals surface area contributed by atoms with E-state index in [1.807, 2.05) is 0 Å². The Morgan fingerprint density at radius 3 is 2.67 bits per heavy atom. The van der Waals surface area contributed by atoms with Crippen molar-refractivity contribution in [1.82, 2.24) is 4.98 Å². The lowest BCUT2D eigenvalue weighted by Gasteiger charge is -1.98. The number of aromatic nitrogens is 1. The zero-order valence-corrected chi connectivity index (χ0v) is 9.60. The van der Waals surface area contributed by atoms with Gasteiger partial charge in [-0.1, -0.05) is 12.1 Å². The molecule has 0 bridgehead atoms. The molecule has 2 aromatic rings. The number of rotatable bonds is 5. The van der Waals surface area contributed by atoms with Crippen LogP contribution < -0.4 is 0 Å². The molecular weight excluding hydrogens is 237 g/mol. The van der Waals surface area contributed by atoms with Gasteiger partial charge in [-0.25, -0.2) is 9.37 Å². The highest BCUT2D eigenvalue weighted by Gasteiger charge is 2.07. The Kier molecular flexibility index (Phi) is 3.72. The van der Waals surface area contributed by atoms with Crippen molar-refractivity contribution in [2.24, 2.45) is 0 Å². The molecule has 0 aliphatic rings. The third-order valence-corrected chi connectivity index (χ3v) is 2.47. The largest absolute Gasteiger partial charge is 0.481 e. The van der Waals surface area contributed by atoms with Crippen LogP contribution in [-0.2, 0) is 24.1 Å². The van der Waals surface area contributed by atoms with Crippen LogP contribution in [0.1, 0.15) is 17.2 Å². The van der Waals surface area contributed by atoms with Crippen molar-refractivity contribution in [2.45, 2.75) is 19.3 Å². The van der Waals surface area contributed by atoms with Gasteiger partial charge in [0.2, 0.25) is 0 Å². The van der Waals surface area contributed by atoms with Crippen molar-refractivity contribution in [2.75, 3.05) is 0 Å². The van der Waals surface area contributed by atoms with Crippen molar-refractivity contribution in [3.05, 3.63) is 53.5 Å². The molecular formula is C13H12FNO3. The van der Waals surface area contributed by atoms with E-state index in [2.05, 4.69) is 4.98 Å². The lowest BCUT2D eigenvalue weighted by Crippen LogP contribution is -1.98. The summed E-state index contributed by atoms with van der Waals surface area (Å²) in [6.45, 7) is 0. The van der Waals surface area contributed by atoms with Crippen molar-refractivity contribution < 1.29 is 18.7 Å². The summed E-state index contributed by atoms with van der Waals surface area (Å²) in [4.78, 5) is 14.5. The highest BCUT2D eigenvalue weighted by molar-refractivity contribution is 5.69. The van der Waals surface area contributed by atoms with Gasteiger partial charge in [0, 0.05) is 6.42 Å². The SMILES string of the molecule is O=C(O)Cc1cnc(CCc2ccc(F)cc2)o1. The van der Waals surface area contributed by atoms with Crippen LogP contribution in [0, 0.1) is 5.82 Å². The predicted molar refractivity (Wildman–Crippen MR) is 61.7 cm³/mol. The van der Waals surface area contributed by atoms with E-state index in [4.69, 9.17) is 9.52 Å². The van der Waals surface area contributed by atoms with E-state index in [-0.39, 0.29) is 12.2 Å². The van der Waals surface area contributed by atoms with Gasteiger partial charge in [-0.3, -0.25) is 4.79 Å². The Balaban J connectivity index is 1.92. The number of aliphatic carboxylic acids is 1. The maximum absolute atomic E-state index is 12.7. The molecule has 2 rings (SSSR count). The number of hydrogen-bond donors (Lipinski definition) is 1. The summed E-state index contributed by atoms with van der Waals surface area (Å²) < 4.78 is 18.0. The molecule has 0 spiro atoms. The third-order valence-electron chi connectivity index (χ3n) is 2.47. The standard InChI is InChI=1S/C13H12FNO3/c14-10-4-1-9(2-5-10)3-6-12-15-8-11(18-12)7-13(16)17/h1-2,4-5,8H,3,6-7H2,(H,16,17). The molecule has 5 heteroatoms. The first kappa shape index (κ1) is 12.3. The molecule has 18 heavy (non-hydrogen) atoms. The van der Waals surface area contributed by atoms with Gasteiger partial charge in [0.1, 0.15) is 18.0 Å². The zero-order chi connectivity index (χ0) is 13.0. The number of carbonyl (C=O) groups is 1. The third kappa shape index (κ3) is 3.41. The van der Waals surface area contributed by atoms with Gasteiger partial charge >= 0.3 is 5.97 Å². The van der Waals surface area contributed by atoms with Crippen molar-refractivity contribution in [3.8, 4) is 0 Å². The van der Waals surface area contributed by atoms with Crippen molar-refractivity contribution in [1.29, 1.82) is 0 Å². The van der Waals surface area contributed by atoms with E-state index in [0.717, 1.165) is 5.56 Å². The average molecular weight is 249 g/mol. The summed E-state index contributed by atoms with van der Waals surface area (Å²) >= 11 is 0. The summed E-state index contributed by atoms with van der Waals surface area (Å²) in [5, 5.41) is 8.59. The van der Waals surface area contributed by atoms with E-state index in [1.165, 1.54) is 18.3 Å². The Bertz CT molecular complexity index is 533. The van der Waals surface area contributed by atoms with Gasteiger partial charge in [0.15, 0.2) is 5.89 Å². The molecule has 1 aromatic carbocycles. The van der Waals surface area contributed by atoms with Crippen molar-refractivity contribution >= 4 is 5.97 Å². The maximum Gasteiger partial charge on any atom is 0.311 e. The maximum atomic E-state index is 12.7. The second kappa shape index (κ2) is 5.44. The van der Waals surface area contributed by atoms with E-state index in [1.54, 1.807) is 12.1 Å². The van der Waals surface area contributed by atoms with Gasteiger partial charge in [-0.05, 0) is 24.1 Å². The minimum absolute atomic E-state index is 0.163. The molecule has 0 fully saturated rings. The van der Waals surface area contributed by atoms with Crippen LogP contribution in [0.5, 0.6) is 0 Å². The smallest absolute Gasteiger partial charge is 0.311 e. The summed E-state index contributed by atoms with van der Waals surface area (Å²) in [6, 6.07) is 6.22. The number of aryl methyl sites for hydroxylation is 2. The van der Waals surface area contributed by atoms with E-state index in [9.17, 15) is 9.18 Å². The summed E-state index contributed by atoms with van der Waals surface area (Å²) in [5.74, 6) is -0.373. The fourth-order valence-electron chi connectivity index (χ4n) is 1.60. The predicted octanol–water partition coefficient (Wildman–Crippen LogP) is 2.23. The number of carboxylic acid groups (broad SMARTS) is 1. The minimum atomic E-state index is -0.948. The van der Waals surface area contributed by atoms with Crippen LogP contribution in [0.15, 0.2) is 34.9 Å². The topological polar surface area (TPSA) is 63.3 Å². The summed E-state index contributed by atoms with van der Waals surface area (Å²) in [5.41, 5.74) is 0.981. The Labute approximate surface area is 103 Å². The monoisotopic (exact) mass is 249 g/mol. The Hall–Kier alpha value is -2.17. The second-order valence-corrected chi connectivity index (χ2v) is 3.92. The average Bonchev–Trinajstić information content (AvgIpc) is 2.75. The first-order valence-corrected chi connectivity index (χ1v) is 5.53. The fraction of sp³-hybridized carbons (Fsp3) is 0.231. The number of hydrogen-bond acceptors (Lipinski definition) is 3. The van der Waals surface area contributed by atoms with Gasteiger partial charge in [0.25, 0.3) is 0 Å². The highest BCUT2D eigenvalue weighted by Crippen LogP contribution is 2.10. The van der Waals surface area contributed by atoms with E-state index < -0.39 is 5.97 Å². The van der Waals surface area contributed by atoms with Gasteiger partial charge < -0.3 is 9.52 Å². The highest BCUT2D eigenvalue weighted by atomic mass is 19.1. The Morgan fingerprint density at radius 2 is 2.00 bits per heavy atom. The molecule has 0 atom stereocenters. The molecule has 1 heterocycles. The van der Waals surface area contributed by atoms with Crippen LogP contribution in [0.2, 0.25) is 0 Å². The zero-order valence-electron chi connectivity index (χ0n) is 9.60. The van der Waals surface area contributed by atoms with Crippen LogP contribution in [-0.4, -0.2) is 16.1 Å². The number of carboxylic acids is 1. The molecule has 4 nitrogen and oxygen atoms in total. The quantitative estimate of drug-likeness (QED) is 0.882. The van der Waals surface area contributed by atoms with Crippen LogP contribution in [0.25, 0.3) is 0 Å². The first-order valence-electron chi connectivity index (χ1n) is 5.53. The number of nitrogens with zero attached hydrogens (tertiary/aromatic N) is 1. The first-order chi connectivity index (χ1) is 8.63. The second-order valence-electron chi connectivity index (χ2n) is 3.92. The fourth-order valence-corrected chi connectivity index (χ4v) is 1.60. The lowest BCUT2D eigenvalue weighted by molar-refractivity contribution is -0.136. The van der Waals surface area contributed by atoms with Crippen LogP contribution >= 0.6 is 0 Å². The number of oxazole rings is 1. The summed E-state index contributed by atoms with van der Waals surface area (Å²) in [7, 11) is 0. The van der Waals surface area contributed by atoms with Crippen molar-refractivity contribution in [3.63, 3.8) is 0 Å².